The topological polar surface area (TPSA) is 150 Å². The molecule has 0 N–H and O–H groups in total. The van der Waals surface area contributed by atoms with Gasteiger partial charge in [-0.15, -0.1) is 23.1 Å². The van der Waals surface area contributed by atoms with E-state index in [1.54, 1.807) is 11.6 Å². The second-order valence-corrected chi connectivity index (χ2v) is 14.1. The molecule has 0 radical (unpaired) electrons. The average molecular weight is 761 g/mol. The maximum atomic E-state index is 15.1. The average Bonchev–Trinajstić information content (AvgIpc) is 3.79. The van der Waals surface area contributed by atoms with E-state index in [9.17, 15) is 18.8 Å². The highest BCUT2D eigenvalue weighted by molar-refractivity contribution is 7.98. The summed E-state index contributed by atoms with van der Waals surface area (Å²) in [5, 5.41) is 9.61. The Labute approximate surface area is 303 Å². The number of rotatable bonds is 9. The van der Waals surface area contributed by atoms with Gasteiger partial charge < -0.3 is 18.9 Å². The number of aryl methyl sites for hydroxylation is 2. The molecule has 0 spiro atoms. The maximum Gasteiger partial charge on any atom is 0.303 e. The molecule has 268 valence electrons. The van der Waals surface area contributed by atoms with E-state index in [4.69, 9.17) is 40.6 Å². The fourth-order valence-electron chi connectivity index (χ4n) is 6.00. The molecular weight excluding hydrogens is 730 g/mol. The van der Waals surface area contributed by atoms with E-state index >= 15 is 4.39 Å². The number of nitrogens with zero attached hydrogens (tertiary/aromatic N) is 6. The minimum absolute atomic E-state index is 0.141. The molecule has 0 saturated carbocycles. The standard InChI is InChI=1S/C33H31ClF2N6O7S2/c1-14-38-33(42(40-14)23-10-25-22(9-26(23)50-6)39-15(2)51-25)32-31(48-18(5)45)29(30(47-17(4)44)24(49-32)13-46-16(3)43)41-12-19(11-37-41)20-7-8-21(34)28(36)27(20)35/h7-12,24,29-32H,13H2,1-6H3/t24?,29?,30-,31?,32+/m0/s1. The van der Waals surface area contributed by atoms with Gasteiger partial charge in [-0.25, -0.2) is 23.4 Å². The van der Waals surface area contributed by atoms with E-state index in [1.165, 1.54) is 73.1 Å². The van der Waals surface area contributed by atoms with Crippen molar-refractivity contribution in [1.82, 2.24) is 29.5 Å². The summed E-state index contributed by atoms with van der Waals surface area (Å²) in [5.74, 6) is -3.94. The zero-order valence-electron chi connectivity index (χ0n) is 28.0. The lowest BCUT2D eigenvalue weighted by Gasteiger charge is -2.44. The molecular formula is C33H31ClF2N6O7S2. The lowest BCUT2D eigenvalue weighted by atomic mass is 9.91. The summed E-state index contributed by atoms with van der Waals surface area (Å²) in [4.78, 5) is 47.5. The number of aromatic nitrogens is 6. The summed E-state index contributed by atoms with van der Waals surface area (Å²) in [6.45, 7) is 6.80. The number of hydrogen-bond acceptors (Lipinski definition) is 13. The van der Waals surface area contributed by atoms with Crippen molar-refractivity contribution < 1.29 is 42.1 Å². The van der Waals surface area contributed by atoms with E-state index < -0.39 is 65.0 Å². The molecule has 0 bridgehead atoms. The summed E-state index contributed by atoms with van der Waals surface area (Å²) in [6.07, 6.45) is -0.404. The minimum Gasteiger partial charge on any atom is -0.463 e. The van der Waals surface area contributed by atoms with Crippen LogP contribution < -0.4 is 0 Å². The number of hydrogen-bond donors (Lipinski definition) is 0. The van der Waals surface area contributed by atoms with Gasteiger partial charge in [0.25, 0.3) is 0 Å². The predicted octanol–water partition coefficient (Wildman–Crippen LogP) is 6.12. The zero-order valence-corrected chi connectivity index (χ0v) is 30.4. The molecule has 5 aromatic rings. The van der Waals surface area contributed by atoms with Gasteiger partial charge in [0.15, 0.2) is 35.8 Å². The molecule has 0 aliphatic carbocycles. The first kappa shape index (κ1) is 36.3. The molecule has 4 heterocycles. The number of carbonyl (C=O) groups excluding carboxylic acids is 3. The van der Waals surface area contributed by atoms with Gasteiger partial charge in [-0.05, 0) is 44.4 Å². The summed E-state index contributed by atoms with van der Waals surface area (Å²) in [7, 11) is 0. The molecule has 18 heteroatoms. The van der Waals surface area contributed by atoms with Crippen LogP contribution in [-0.2, 0) is 33.3 Å². The minimum atomic E-state index is -1.31. The SMILES string of the molecule is CSc1cc2nc(C)sc2cc1-n1nc(C)nc1[C@@H]1OC(COC(C)=O)[C@H](OC(C)=O)C(n2cc(-c3ccc(Cl)c(F)c3F)cn2)C1OC(C)=O. The van der Waals surface area contributed by atoms with Crippen molar-refractivity contribution in [2.24, 2.45) is 0 Å². The molecule has 51 heavy (non-hydrogen) atoms. The molecule has 1 saturated heterocycles. The Balaban J connectivity index is 1.55. The van der Waals surface area contributed by atoms with E-state index in [-0.39, 0.29) is 23.6 Å². The van der Waals surface area contributed by atoms with E-state index in [1.807, 2.05) is 25.3 Å². The van der Waals surface area contributed by atoms with Crippen LogP contribution in [0.4, 0.5) is 8.78 Å². The molecule has 13 nitrogen and oxygen atoms in total. The largest absolute Gasteiger partial charge is 0.463 e. The number of carbonyl (C=O) groups is 3. The van der Waals surface area contributed by atoms with Gasteiger partial charge in [0.05, 0.1) is 32.1 Å². The van der Waals surface area contributed by atoms with E-state index in [2.05, 4.69) is 10.1 Å². The normalized spacial score (nSPS) is 20.4. The van der Waals surface area contributed by atoms with Gasteiger partial charge in [-0.3, -0.25) is 19.1 Å². The lowest BCUT2D eigenvalue weighted by Crippen LogP contribution is -2.56. The Morgan fingerprint density at radius 2 is 1.75 bits per heavy atom. The first-order chi connectivity index (χ1) is 24.2. The van der Waals surface area contributed by atoms with Crippen LogP contribution in [0.1, 0.15) is 49.6 Å². The molecule has 1 fully saturated rings. The van der Waals surface area contributed by atoms with Gasteiger partial charge >= 0.3 is 17.9 Å². The number of thioether (sulfide) groups is 1. The summed E-state index contributed by atoms with van der Waals surface area (Å²) in [6, 6.07) is 5.20. The number of ether oxygens (including phenoxy) is 4. The van der Waals surface area contributed by atoms with Crippen molar-refractivity contribution in [2.75, 3.05) is 12.9 Å². The van der Waals surface area contributed by atoms with Crippen LogP contribution in [0.3, 0.4) is 0 Å². The third-order valence-electron chi connectivity index (χ3n) is 7.98. The number of thiazole rings is 1. The second-order valence-electron chi connectivity index (χ2n) is 11.6. The number of benzene rings is 2. The van der Waals surface area contributed by atoms with Gasteiger partial charge in [0, 0.05) is 43.0 Å². The van der Waals surface area contributed by atoms with Gasteiger partial charge in [-0.1, -0.05) is 11.6 Å². The van der Waals surface area contributed by atoms with Crippen LogP contribution in [0.2, 0.25) is 5.02 Å². The maximum absolute atomic E-state index is 15.1. The zero-order chi connectivity index (χ0) is 36.7. The molecule has 1 aliphatic rings. The van der Waals surface area contributed by atoms with Crippen molar-refractivity contribution in [2.45, 2.75) is 70.0 Å². The Bertz CT molecular complexity index is 2160. The van der Waals surface area contributed by atoms with Crippen molar-refractivity contribution in [3.05, 3.63) is 70.0 Å². The van der Waals surface area contributed by atoms with Gasteiger partial charge in [0.1, 0.15) is 24.6 Å². The quantitative estimate of drug-likeness (QED) is 0.0738. The lowest BCUT2D eigenvalue weighted by molar-refractivity contribution is -0.232. The first-order valence-corrected chi connectivity index (χ1v) is 17.9. The molecule has 5 atom stereocenters. The predicted molar refractivity (Wildman–Crippen MR) is 183 cm³/mol. The third-order valence-corrected chi connectivity index (χ3v) is 9.98. The van der Waals surface area contributed by atoms with Crippen LogP contribution in [0.25, 0.3) is 27.0 Å². The number of esters is 3. The van der Waals surface area contributed by atoms with Crippen LogP contribution >= 0.6 is 34.7 Å². The fourth-order valence-corrected chi connectivity index (χ4v) is 7.57. The third kappa shape index (κ3) is 7.33. The molecule has 3 unspecified atom stereocenters. The van der Waals surface area contributed by atoms with E-state index in [0.717, 1.165) is 20.1 Å². The highest BCUT2D eigenvalue weighted by Gasteiger charge is 2.53. The summed E-state index contributed by atoms with van der Waals surface area (Å²) in [5.41, 5.74) is 1.46. The molecule has 1 aliphatic heterocycles. The van der Waals surface area contributed by atoms with E-state index in [0.29, 0.717) is 11.5 Å². The monoisotopic (exact) mass is 760 g/mol. The van der Waals surface area contributed by atoms with Crippen LogP contribution in [-0.4, -0.2) is 78.6 Å². The Hall–Kier alpha value is -4.45. The molecule has 3 aromatic heterocycles. The number of fused-ring (bicyclic) bond motifs is 1. The van der Waals surface area contributed by atoms with Gasteiger partial charge in [-0.2, -0.15) is 10.2 Å². The molecule has 6 rings (SSSR count). The Morgan fingerprint density at radius 3 is 2.43 bits per heavy atom. The van der Waals surface area contributed by atoms with Crippen molar-refractivity contribution in [1.29, 1.82) is 0 Å². The highest BCUT2D eigenvalue weighted by Crippen LogP contribution is 2.43. The summed E-state index contributed by atoms with van der Waals surface area (Å²) < 4.78 is 57.0. The fraction of sp³-hybridized carbons (Fsp3) is 0.364. The van der Waals surface area contributed by atoms with Crippen LogP contribution in [0.15, 0.2) is 41.6 Å². The van der Waals surface area contributed by atoms with Crippen molar-refractivity contribution >= 4 is 62.8 Å². The molecule has 0 amide bonds. The smallest absolute Gasteiger partial charge is 0.303 e. The first-order valence-electron chi connectivity index (χ1n) is 15.5. The van der Waals surface area contributed by atoms with Gasteiger partial charge in [0.2, 0.25) is 0 Å². The summed E-state index contributed by atoms with van der Waals surface area (Å²) >= 11 is 8.76. The number of halogens is 3. The molecule has 2 aromatic carbocycles. The highest BCUT2D eigenvalue weighted by atomic mass is 35.5. The van der Waals surface area contributed by atoms with Crippen LogP contribution in [0.5, 0.6) is 0 Å². The Kier molecular flexibility index (Phi) is 10.4. The Morgan fingerprint density at radius 1 is 1.02 bits per heavy atom. The van der Waals surface area contributed by atoms with Crippen molar-refractivity contribution in [3.8, 4) is 16.8 Å². The second kappa shape index (κ2) is 14.7. The van der Waals surface area contributed by atoms with Crippen molar-refractivity contribution in [3.63, 3.8) is 0 Å². The van der Waals surface area contributed by atoms with Crippen LogP contribution in [0, 0.1) is 25.5 Å².